The molecule has 1 aromatic rings. The monoisotopic (exact) mass is 319 g/mol. The van der Waals surface area contributed by atoms with E-state index in [4.69, 9.17) is 9.47 Å². The molecule has 1 fully saturated rings. The molecule has 6 heteroatoms. The highest BCUT2D eigenvalue weighted by Crippen LogP contribution is 2.30. The first kappa shape index (κ1) is 17.0. The van der Waals surface area contributed by atoms with Gasteiger partial charge in [0.2, 0.25) is 0 Å². The van der Waals surface area contributed by atoms with Crippen LogP contribution in [0, 0.1) is 5.41 Å². The van der Waals surface area contributed by atoms with Crippen LogP contribution < -0.4 is 0 Å². The summed E-state index contributed by atoms with van der Waals surface area (Å²) < 4.78 is 10.2. The number of hydrogen-bond acceptors (Lipinski definition) is 5. The fourth-order valence-corrected chi connectivity index (χ4v) is 2.64. The van der Waals surface area contributed by atoms with E-state index in [-0.39, 0.29) is 19.8 Å². The number of aldehydes is 1. The molecule has 1 aliphatic heterocycles. The Bertz CT molecular complexity index is 559. The maximum absolute atomic E-state index is 12.2. The van der Waals surface area contributed by atoms with E-state index in [9.17, 15) is 14.4 Å². The lowest BCUT2D eigenvalue weighted by Crippen LogP contribution is -2.51. The summed E-state index contributed by atoms with van der Waals surface area (Å²) in [6.45, 7) is 2.51. The number of likely N-dealkylation sites (tertiary alicyclic amines) is 1. The second-order valence-corrected chi connectivity index (χ2v) is 5.56. The van der Waals surface area contributed by atoms with E-state index in [1.807, 2.05) is 30.3 Å². The number of benzene rings is 1. The zero-order valence-electron chi connectivity index (χ0n) is 13.2. The van der Waals surface area contributed by atoms with Crippen LogP contribution in [0.1, 0.15) is 25.3 Å². The van der Waals surface area contributed by atoms with E-state index in [1.54, 1.807) is 6.92 Å². The van der Waals surface area contributed by atoms with E-state index in [0.29, 0.717) is 25.7 Å². The minimum absolute atomic E-state index is 0.00293. The molecule has 0 spiro atoms. The zero-order chi connectivity index (χ0) is 16.7. The third-order valence-electron chi connectivity index (χ3n) is 3.89. The number of ether oxygens (including phenoxy) is 2. The molecule has 124 valence electrons. The number of esters is 1. The van der Waals surface area contributed by atoms with Crippen LogP contribution in [0.3, 0.4) is 0 Å². The molecule has 1 heterocycles. The van der Waals surface area contributed by atoms with Crippen molar-refractivity contribution >= 4 is 18.3 Å². The van der Waals surface area contributed by atoms with Gasteiger partial charge in [0.05, 0.1) is 6.61 Å². The van der Waals surface area contributed by atoms with Gasteiger partial charge in [-0.1, -0.05) is 30.3 Å². The van der Waals surface area contributed by atoms with E-state index in [0.717, 1.165) is 5.56 Å². The van der Waals surface area contributed by atoms with Crippen molar-refractivity contribution in [3.8, 4) is 0 Å². The SMILES string of the molecule is CCOC(=O)C1(C=O)CCCN(C(=O)OCc2ccccc2)C1. The number of rotatable bonds is 5. The van der Waals surface area contributed by atoms with Gasteiger partial charge < -0.3 is 19.2 Å². The number of piperidine rings is 1. The van der Waals surface area contributed by atoms with Gasteiger partial charge >= 0.3 is 12.1 Å². The molecule has 0 saturated carbocycles. The van der Waals surface area contributed by atoms with Crippen molar-refractivity contribution in [2.75, 3.05) is 19.7 Å². The summed E-state index contributed by atoms with van der Waals surface area (Å²) in [7, 11) is 0. The van der Waals surface area contributed by atoms with Crippen LogP contribution in [0.2, 0.25) is 0 Å². The second-order valence-electron chi connectivity index (χ2n) is 5.56. The van der Waals surface area contributed by atoms with Gasteiger partial charge in [-0.2, -0.15) is 0 Å². The van der Waals surface area contributed by atoms with Crippen molar-refractivity contribution in [2.24, 2.45) is 5.41 Å². The van der Waals surface area contributed by atoms with Crippen molar-refractivity contribution in [2.45, 2.75) is 26.4 Å². The highest BCUT2D eigenvalue weighted by Gasteiger charge is 2.45. The third-order valence-corrected chi connectivity index (χ3v) is 3.89. The van der Waals surface area contributed by atoms with Crippen LogP contribution >= 0.6 is 0 Å². The minimum atomic E-state index is -1.28. The van der Waals surface area contributed by atoms with Gasteiger partial charge in [0.1, 0.15) is 18.3 Å². The van der Waals surface area contributed by atoms with Crippen molar-refractivity contribution in [1.29, 1.82) is 0 Å². The molecule has 1 saturated heterocycles. The summed E-state index contributed by atoms with van der Waals surface area (Å²) in [5, 5.41) is 0. The lowest BCUT2D eigenvalue weighted by molar-refractivity contribution is -0.160. The topological polar surface area (TPSA) is 72.9 Å². The maximum Gasteiger partial charge on any atom is 0.410 e. The molecule has 6 nitrogen and oxygen atoms in total. The first-order valence-corrected chi connectivity index (χ1v) is 7.70. The molecule has 0 N–H and O–H groups in total. The van der Waals surface area contributed by atoms with Crippen LogP contribution in [-0.2, 0) is 25.7 Å². The van der Waals surface area contributed by atoms with Crippen LogP contribution in [0.25, 0.3) is 0 Å². The van der Waals surface area contributed by atoms with Gasteiger partial charge in [-0.25, -0.2) is 4.79 Å². The molecule has 0 radical (unpaired) electrons. The van der Waals surface area contributed by atoms with E-state index in [1.165, 1.54) is 4.90 Å². The van der Waals surface area contributed by atoms with Gasteiger partial charge in [0.15, 0.2) is 0 Å². The lowest BCUT2D eigenvalue weighted by Gasteiger charge is -2.36. The molecular formula is C17H21NO5. The Balaban J connectivity index is 1.97. The number of carbonyl (C=O) groups excluding carboxylic acids is 3. The van der Waals surface area contributed by atoms with Crippen LogP contribution in [0.15, 0.2) is 30.3 Å². The molecule has 1 unspecified atom stereocenters. The van der Waals surface area contributed by atoms with Gasteiger partial charge in [-0.05, 0) is 25.3 Å². The first-order valence-electron chi connectivity index (χ1n) is 7.70. The third kappa shape index (κ3) is 4.09. The zero-order valence-corrected chi connectivity index (χ0v) is 13.2. The molecule has 1 aliphatic rings. The number of carbonyl (C=O) groups is 3. The highest BCUT2D eigenvalue weighted by molar-refractivity contribution is 5.94. The second kappa shape index (κ2) is 7.76. The Morgan fingerprint density at radius 3 is 2.65 bits per heavy atom. The van der Waals surface area contributed by atoms with Crippen molar-refractivity contribution < 1.29 is 23.9 Å². The predicted molar refractivity (Wildman–Crippen MR) is 82.6 cm³/mol. The summed E-state index contributed by atoms with van der Waals surface area (Å²) in [6, 6.07) is 9.33. The van der Waals surface area contributed by atoms with Crippen molar-refractivity contribution in [3.63, 3.8) is 0 Å². The molecule has 1 amide bonds. The fraction of sp³-hybridized carbons (Fsp3) is 0.471. The summed E-state index contributed by atoms with van der Waals surface area (Å²) in [6.07, 6.45) is 1.02. The molecular weight excluding hydrogens is 298 g/mol. The van der Waals surface area contributed by atoms with Crippen LogP contribution in [0.5, 0.6) is 0 Å². The average molecular weight is 319 g/mol. The van der Waals surface area contributed by atoms with E-state index < -0.39 is 17.5 Å². The lowest BCUT2D eigenvalue weighted by atomic mass is 9.81. The van der Waals surface area contributed by atoms with Gasteiger partial charge in [0.25, 0.3) is 0 Å². The van der Waals surface area contributed by atoms with Gasteiger partial charge in [0, 0.05) is 13.1 Å². The summed E-state index contributed by atoms with van der Waals surface area (Å²) in [5.74, 6) is -0.574. The quantitative estimate of drug-likeness (QED) is 0.472. The van der Waals surface area contributed by atoms with Crippen molar-refractivity contribution in [1.82, 2.24) is 4.90 Å². The average Bonchev–Trinajstić information content (AvgIpc) is 2.60. The van der Waals surface area contributed by atoms with E-state index in [2.05, 4.69) is 0 Å². The normalized spacial score (nSPS) is 20.7. The summed E-state index contributed by atoms with van der Waals surface area (Å²) >= 11 is 0. The highest BCUT2D eigenvalue weighted by atomic mass is 16.6. The largest absolute Gasteiger partial charge is 0.465 e. The Labute approximate surface area is 135 Å². The molecule has 0 aliphatic carbocycles. The molecule has 1 atom stereocenters. The molecule has 0 bridgehead atoms. The fourth-order valence-electron chi connectivity index (χ4n) is 2.64. The van der Waals surface area contributed by atoms with Crippen molar-refractivity contribution in [3.05, 3.63) is 35.9 Å². The van der Waals surface area contributed by atoms with Crippen LogP contribution in [0.4, 0.5) is 4.79 Å². The van der Waals surface area contributed by atoms with Crippen LogP contribution in [-0.4, -0.2) is 42.9 Å². The predicted octanol–water partition coefficient (Wildman–Crippen LogP) is 2.17. The Morgan fingerprint density at radius 2 is 2.00 bits per heavy atom. The Hall–Kier alpha value is -2.37. The smallest absolute Gasteiger partial charge is 0.410 e. The van der Waals surface area contributed by atoms with Gasteiger partial charge in [-0.3, -0.25) is 4.79 Å². The Morgan fingerprint density at radius 1 is 1.26 bits per heavy atom. The van der Waals surface area contributed by atoms with E-state index >= 15 is 0 Å². The first-order chi connectivity index (χ1) is 11.1. The standard InChI is InChI=1S/C17H21NO5/c1-2-22-15(20)17(13-19)9-6-10-18(12-17)16(21)23-11-14-7-4-3-5-8-14/h3-5,7-8,13H,2,6,9-12H2,1H3. The molecule has 23 heavy (non-hydrogen) atoms. The summed E-state index contributed by atoms with van der Waals surface area (Å²) in [4.78, 5) is 37.1. The molecule has 1 aromatic carbocycles. The Kier molecular flexibility index (Phi) is 5.73. The molecule has 2 rings (SSSR count). The summed E-state index contributed by atoms with van der Waals surface area (Å²) in [5.41, 5.74) is -0.398. The number of amides is 1. The number of hydrogen-bond donors (Lipinski definition) is 0. The number of nitrogens with zero attached hydrogens (tertiary/aromatic N) is 1. The molecule has 0 aromatic heterocycles. The maximum atomic E-state index is 12.2. The van der Waals surface area contributed by atoms with Gasteiger partial charge in [-0.15, -0.1) is 0 Å². The minimum Gasteiger partial charge on any atom is -0.465 e.